The van der Waals surface area contributed by atoms with Crippen LogP contribution in [0.15, 0.2) is 28.8 Å². The van der Waals surface area contributed by atoms with Crippen LogP contribution < -0.4 is 0 Å². The highest BCUT2D eigenvalue weighted by atomic mass is 16.5. The van der Waals surface area contributed by atoms with Crippen LogP contribution in [-0.4, -0.2) is 21.2 Å². The van der Waals surface area contributed by atoms with Gasteiger partial charge in [-0.1, -0.05) is 17.3 Å². The summed E-state index contributed by atoms with van der Waals surface area (Å²) in [5.74, 6) is -0.0115. The highest BCUT2D eigenvalue weighted by molar-refractivity contribution is 5.88. The summed E-state index contributed by atoms with van der Waals surface area (Å²) in [7, 11) is 0. The number of hydrogen-bond donors (Lipinski definition) is 1. The Morgan fingerprint density at radius 1 is 1.33 bits per heavy atom. The van der Waals surface area contributed by atoms with E-state index >= 15 is 0 Å². The second kappa shape index (κ2) is 3.53. The van der Waals surface area contributed by atoms with Crippen LogP contribution in [0.5, 0.6) is 0 Å². The predicted molar refractivity (Wildman–Crippen MR) is 51.4 cm³/mol. The van der Waals surface area contributed by atoms with Gasteiger partial charge >= 0.3 is 5.97 Å². The average Bonchev–Trinajstić information content (AvgIpc) is 2.65. The largest absolute Gasteiger partial charge is 0.478 e. The Morgan fingerprint density at radius 3 is 2.47 bits per heavy atom. The molecule has 76 valence electrons. The van der Waals surface area contributed by atoms with Crippen LogP contribution in [0.2, 0.25) is 0 Å². The fourth-order valence-corrected chi connectivity index (χ4v) is 1.18. The Hall–Kier alpha value is -2.17. The number of benzene rings is 1. The third-order valence-corrected chi connectivity index (χ3v) is 1.92. The molecule has 2 aromatic rings. The summed E-state index contributed by atoms with van der Waals surface area (Å²) < 4.78 is 4.82. The van der Waals surface area contributed by atoms with Gasteiger partial charge < -0.3 is 9.63 Å². The van der Waals surface area contributed by atoms with Crippen molar-refractivity contribution in [3.63, 3.8) is 0 Å². The standard InChI is InChI=1S/C10H8N2O3/c1-6-11-9(12-15-6)7-2-4-8(5-3-7)10(13)14/h2-5H,1H3,(H,13,14). The maximum absolute atomic E-state index is 10.6. The SMILES string of the molecule is Cc1nc(-c2ccc(C(=O)O)cc2)no1. The van der Waals surface area contributed by atoms with Crippen LogP contribution in [0.1, 0.15) is 16.2 Å². The molecule has 0 aliphatic rings. The van der Waals surface area contributed by atoms with Crippen molar-refractivity contribution in [2.75, 3.05) is 0 Å². The van der Waals surface area contributed by atoms with E-state index in [0.717, 1.165) is 5.56 Å². The molecule has 0 bridgehead atoms. The number of aryl methyl sites for hydroxylation is 1. The van der Waals surface area contributed by atoms with E-state index in [0.29, 0.717) is 11.7 Å². The van der Waals surface area contributed by atoms with Gasteiger partial charge in [0, 0.05) is 12.5 Å². The number of rotatable bonds is 2. The van der Waals surface area contributed by atoms with Gasteiger partial charge in [0.25, 0.3) is 0 Å². The molecule has 0 saturated carbocycles. The van der Waals surface area contributed by atoms with Crippen molar-refractivity contribution in [3.8, 4) is 11.4 Å². The van der Waals surface area contributed by atoms with Gasteiger partial charge in [0.1, 0.15) is 0 Å². The molecule has 0 atom stereocenters. The highest BCUT2D eigenvalue weighted by Gasteiger charge is 2.07. The van der Waals surface area contributed by atoms with Crippen LogP contribution in [-0.2, 0) is 0 Å². The maximum atomic E-state index is 10.6. The Labute approximate surface area is 85.4 Å². The number of nitrogens with zero attached hydrogens (tertiary/aromatic N) is 2. The molecule has 2 rings (SSSR count). The predicted octanol–water partition coefficient (Wildman–Crippen LogP) is 1.74. The van der Waals surface area contributed by atoms with Gasteiger partial charge in [-0.15, -0.1) is 0 Å². The van der Waals surface area contributed by atoms with Gasteiger partial charge in [0.15, 0.2) is 0 Å². The lowest BCUT2D eigenvalue weighted by atomic mass is 10.1. The molecule has 15 heavy (non-hydrogen) atoms. The van der Waals surface area contributed by atoms with Crippen molar-refractivity contribution in [2.24, 2.45) is 0 Å². The summed E-state index contributed by atoms with van der Waals surface area (Å²) >= 11 is 0. The van der Waals surface area contributed by atoms with Crippen molar-refractivity contribution < 1.29 is 14.4 Å². The molecular formula is C10H8N2O3. The van der Waals surface area contributed by atoms with Crippen molar-refractivity contribution in [1.29, 1.82) is 0 Å². The summed E-state index contributed by atoms with van der Waals surface area (Å²) in [5, 5.41) is 12.4. The van der Waals surface area contributed by atoms with Crippen LogP contribution in [0.3, 0.4) is 0 Å². The smallest absolute Gasteiger partial charge is 0.335 e. The van der Waals surface area contributed by atoms with Crippen LogP contribution in [0.4, 0.5) is 0 Å². The topological polar surface area (TPSA) is 76.2 Å². The summed E-state index contributed by atoms with van der Waals surface area (Å²) in [5.41, 5.74) is 0.968. The lowest BCUT2D eigenvalue weighted by molar-refractivity contribution is 0.0697. The van der Waals surface area contributed by atoms with Gasteiger partial charge in [-0.2, -0.15) is 4.98 Å². The Morgan fingerprint density at radius 2 is 2.00 bits per heavy atom. The van der Waals surface area contributed by atoms with E-state index in [1.54, 1.807) is 19.1 Å². The van der Waals surface area contributed by atoms with Gasteiger partial charge in [0.05, 0.1) is 5.56 Å². The molecule has 5 nitrogen and oxygen atoms in total. The Bertz CT molecular complexity index is 488. The quantitative estimate of drug-likeness (QED) is 0.806. The first-order chi connectivity index (χ1) is 7.16. The average molecular weight is 204 g/mol. The maximum Gasteiger partial charge on any atom is 0.335 e. The van der Waals surface area contributed by atoms with Gasteiger partial charge in [-0.3, -0.25) is 0 Å². The third kappa shape index (κ3) is 1.85. The lowest BCUT2D eigenvalue weighted by Gasteiger charge is -1.95. The molecule has 0 unspecified atom stereocenters. The fraction of sp³-hybridized carbons (Fsp3) is 0.100. The van der Waals surface area contributed by atoms with Gasteiger partial charge in [-0.05, 0) is 12.1 Å². The minimum atomic E-state index is -0.953. The van der Waals surface area contributed by atoms with E-state index in [9.17, 15) is 4.79 Å². The van der Waals surface area contributed by atoms with E-state index < -0.39 is 5.97 Å². The molecule has 0 fully saturated rings. The summed E-state index contributed by atoms with van der Waals surface area (Å²) in [6, 6.07) is 6.30. The lowest BCUT2D eigenvalue weighted by Crippen LogP contribution is -1.95. The van der Waals surface area contributed by atoms with Crippen LogP contribution in [0.25, 0.3) is 11.4 Å². The molecule has 1 aromatic heterocycles. The molecular weight excluding hydrogens is 196 g/mol. The number of hydrogen-bond acceptors (Lipinski definition) is 4. The zero-order valence-corrected chi connectivity index (χ0v) is 7.97. The highest BCUT2D eigenvalue weighted by Crippen LogP contribution is 2.16. The molecule has 5 heteroatoms. The van der Waals surface area contributed by atoms with E-state index in [1.165, 1.54) is 12.1 Å². The molecule has 0 spiro atoms. The van der Waals surface area contributed by atoms with E-state index in [2.05, 4.69) is 10.1 Å². The Balaban J connectivity index is 2.35. The molecule has 0 aliphatic carbocycles. The monoisotopic (exact) mass is 204 g/mol. The molecule has 0 amide bonds. The zero-order chi connectivity index (χ0) is 10.8. The van der Waals surface area contributed by atoms with Crippen LogP contribution >= 0.6 is 0 Å². The number of carbonyl (C=O) groups is 1. The summed E-state index contributed by atoms with van der Waals surface area (Å²) in [6.45, 7) is 1.70. The van der Waals surface area contributed by atoms with E-state index in [-0.39, 0.29) is 5.56 Å². The normalized spacial score (nSPS) is 10.2. The number of carboxylic acids is 1. The second-order valence-corrected chi connectivity index (χ2v) is 3.02. The molecule has 1 N–H and O–H groups in total. The summed E-state index contributed by atoms with van der Waals surface area (Å²) in [4.78, 5) is 14.6. The first kappa shape index (κ1) is 9.39. The van der Waals surface area contributed by atoms with Crippen LogP contribution in [0, 0.1) is 6.92 Å². The zero-order valence-electron chi connectivity index (χ0n) is 7.97. The molecule has 0 radical (unpaired) electrons. The molecule has 1 aromatic carbocycles. The van der Waals surface area contributed by atoms with Crippen molar-refractivity contribution in [1.82, 2.24) is 10.1 Å². The molecule has 0 saturated heterocycles. The number of aromatic carboxylic acids is 1. The third-order valence-electron chi connectivity index (χ3n) is 1.92. The summed E-state index contributed by atoms with van der Waals surface area (Å²) in [6.07, 6.45) is 0. The van der Waals surface area contributed by atoms with Gasteiger partial charge in [0.2, 0.25) is 11.7 Å². The molecule has 1 heterocycles. The Kier molecular flexibility index (Phi) is 2.21. The number of carboxylic acid groups (broad SMARTS) is 1. The van der Waals surface area contributed by atoms with Crippen molar-refractivity contribution in [2.45, 2.75) is 6.92 Å². The van der Waals surface area contributed by atoms with Crippen molar-refractivity contribution >= 4 is 5.97 Å². The fourth-order valence-electron chi connectivity index (χ4n) is 1.18. The first-order valence-corrected chi connectivity index (χ1v) is 4.31. The minimum Gasteiger partial charge on any atom is -0.478 e. The number of aromatic nitrogens is 2. The van der Waals surface area contributed by atoms with Gasteiger partial charge in [-0.25, -0.2) is 4.79 Å². The first-order valence-electron chi connectivity index (χ1n) is 4.31. The minimum absolute atomic E-state index is 0.235. The van der Waals surface area contributed by atoms with Crippen molar-refractivity contribution in [3.05, 3.63) is 35.7 Å². The second-order valence-electron chi connectivity index (χ2n) is 3.02. The van der Waals surface area contributed by atoms with E-state index in [4.69, 9.17) is 9.63 Å². The van der Waals surface area contributed by atoms with E-state index in [1.807, 2.05) is 0 Å². The molecule has 0 aliphatic heterocycles.